The molecule has 0 unspecified atom stereocenters. The van der Waals surface area contributed by atoms with E-state index in [0.717, 1.165) is 47.4 Å². The van der Waals surface area contributed by atoms with Crippen LogP contribution in [-0.4, -0.2) is 30.9 Å². The molecule has 10 heteroatoms. The average Bonchev–Trinajstić information content (AvgIpc) is 3.49. The Kier molecular flexibility index (Phi) is 8.57. The van der Waals surface area contributed by atoms with Crippen molar-refractivity contribution in [3.63, 3.8) is 0 Å². The quantitative estimate of drug-likeness (QED) is 0.156. The molecular weight excluding hydrogens is 525 g/mol. The molecular formula is C30H29F3N2O5. The first kappa shape index (κ1) is 27.5. The summed E-state index contributed by atoms with van der Waals surface area (Å²) in [7, 11) is 0. The van der Waals surface area contributed by atoms with Crippen LogP contribution in [0.1, 0.15) is 29.1 Å². The van der Waals surface area contributed by atoms with Gasteiger partial charge in [-0.15, -0.1) is 0 Å². The molecule has 0 atom stereocenters. The first-order valence-electron chi connectivity index (χ1n) is 12.9. The Bertz CT molecular complexity index is 1550. The highest BCUT2D eigenvalue weighted by molar-refractivity contribution is 5.88. The van der Waals surface area contributed by atoms with E-state index < -0.39 is 12.8 Å². The standard InChI is InChI=1S/C30H29F3N2O5/c1-20-28(18-38-23-8-9-25-22(13-23)14-24(39-25)17-36-19-30(31,32)33)40-27-7-2-6-26(29(20)27)37-12-4-11-35-16-21-5-3-10-34-15-21/h2-3,5-10,13-15,35H,4,11-12,16-19H2,1H3. The summed E-state index contributed by atoms with van der Waals surface area (Å²) in [6, 6.07) is 16.5. The predicted octanol–water partition coefficient (Wildman–Crippen LogP) is 7.10. The maximum atomic E-state index is 12.3. The van der Waals surface area contributed by atoms with Crippen LogP contribution in [0.25, 0.3) is 21.9 Å². The first-order valence-corrected chi connectivity index (χ1v) is 12.9. The van der Waals surface area contributed by atoms with Crippen LogP contribution in [0.2, 0.25) is 0 Å². The second-order valence-electron chi connectivity index (χ2n) is 9.33. The zero-order valence-corrected chi connectivity index (χ0v) is 21.9. The van der Waals surface area contributed by atoms with Gasteiger partial charge >= 0.3 is 6.18 Å². The van der Waals surface area contributed by atoms with Crippen molar-refractivity contribution in [3.8, 4) is 11.5 Å². The van der Waals surface area contributed by atoms with Gasteiger partial charge in [-0.25, -0.2) is 0 Å². The lowest BCUT2D eigenvalue weighted by Crippen LogP contribution is -2.17. The third-order valence-electron chi connectivity index (χ3n) is 6.24. The molecule has 0 aliphatic rings. The third-order valence-corrected chi connectivity index (χ3v) is 6.24. The molecule has 40 heavy (non-hydrogen) atoms. The minimum Gasteiger partial charge on any atom is -0.493 e. The highest BCUT2D eigenvalue weighted by Crippen LogP contribution is 2.34. The van der Waals surface area contributed by atoms with Gasteiger partial charge in [0.1, 0.15) is 54.0 Å². The van der Waals surface area contributed by atoms with Crippen LogP contribution < -0.4 is 14.8 Å². The summed E-state index contributed by atoms with van der Waals surface area (Å²) < 4.78 is 65.3. The minimum absolute atomic E-state index is 0.198. The molecule has 0 bridgehead atoms. The van der Waals surface area contributed by atoms with Crippen LogP contribution in [0, 0.1) is 6.92 Å². The Labute approximate surface area is 228 Å². The normalized spacial score (nSPS) is 11.9. The van der Waals surface area contributed by atoms with E-state index in [2.05, 4.69) is 15.0 Å². The van der Waals surface area contributed by atoms with Crippen molar-refractivity contribution in [2.75, 3.05) is 19.8 Å². The molecule has 0 aliphatic carbocycles. The van der Waals surface area contributed by atoms with E-state index in [-0.39, 0.29) is 13.2 Å². The van der Waals surface area contributed by atoms with Crippen LogP contribution in [0.4, 0.5) is 13.2 Å². The molecule has 2 aromatic carbocycles. The number of hydrogen-bond donors (Lipinski definition) is 1. The Balaban J connectivity index is 1.16. The van der Waals surface area contributed by atoms with Gasteiger partial charge < -0.3 is 28.4 Å². The third kappa shape index (κ3) is 7.13. The van der Waals surface area contributed by atoms with Crippen molar-refractivity contribution in [1.82, 2.24) is 10.3 Å². The van der Waals surface area contributed by atoms with Crippen molar-refractivity contribution >= 4 is 21.9 Å². The van der Waals surface area contributed by atoms with E-state index in [1.807, 2.05) is 43.5 Å². The van der Waals surface area contributed by atoms with Gasteiger partial charge in [-0.2, -0.15) is 13.2 Å². The molecule has 7 nitrogen and oxygen atoms in total. The van der Waals surface area contributed by atoms with Crippen LogP contribution in [0.5, 0.6) is 11.5 Å². The van der Waals surface area contributed by atoms with Crippen LogP contribution in [0.3, 0.4) is 0 Å². The number of rotatable bonds is 13. The monoisotopic (exact) mass is 554 g/mol. The van der Waals surface area contributed by atoms with Gasteiger partial charge in [-0.05, 0) is 67.9 Å². The summed E-state index contributed by atoms with van der Waals surface area (Å²) in [6.45, 7) is 2.71. The first-order chi connectivity index (χ1) is 19.4. The number of aromatic nitrogens is 1. The van der Waals surface area contributed by atoms with Crippen molar-refractivity contribution in [1.29, 1.82) is 0 Å². The fourth-order valence-electron chi connectivity index (χ4n) is 4.34. The molecule has 0 fully saturated rings. The maximum Gasteiger partial charge on any atom is 0.411 e. The smallest absolute Gasteiger partial charge is 0.411 e. The Morgan fingerprint density at radius 1 is 0.950 bits per heavy atom. The summed E-state index contributed by atoms with van der Waals surface area (Å²) in [5, 5.41) is 5.01. The number of aryl methyl sites for hydroxylation is 1. The molecule has 5 rings (SSSR count). The van der Waals surface area contributed by atoms with E-state index in [4.69, 9.17) is 18.3 Å². The van der Waals surface area contributed by atoms with Crippen LogP contribution in [-0.2, 0) is 24.5 Å². The van der Waals surface area contributed by atoms with E-state index >= 15 is 0 Å². The molecule has 0 saturated heterocycles. The lowest BCUT2D eigenvalue weighted by Gasteiger charge is -2.09. The lowest BCUT2D eigenvalue weighted by atomic mass is 10.1. The molecule has 3 aromatic heterocycles. The Morgan fingerprint density at radius 3 is 2.67 bits per heavy atom. The molecule has 210 valence electrons. The molecule has 0 saturated carbocycles. The number of alkyl halides is 3. The number of ether oxygens (including phenoxy) is 3. The van der Waals surface area contributed by atoms with E-state index in [9.17, 15) is 13.2 Å². The highest BCUT2D eigenvalue weighted by atomic mass is 19.4. The zero-order chi connectivity index (χ0) is 28.0. The summed E-state index contributed by atoms with van der Waals surface area (Å²) in [6.07, 6.45) is 0.0689. The largest absolute Gasteiger partial charge is 0.493 e. The van der Waals surface area contributed by atoms with Gasteiger partial charge in [-0.3, -0.25) is 4.98 Å². The van der Waals surface area contributed by atoms with Gasteiger partial charge in [0, 0.05) is 29.9 Å². The van der Waals surface area contributed by atoms with E-state index in [0.29, 0.717) is 34.8 Å². The van der Waals surface area contributed by atoms with Crippen molar-refractivity contribution in [2.24, 2.45) is 0 Å². The number of halogens is 3. The summed E-state index contributed by atoms with van der Waals surface area (Å²) in [5.74, 6) is 2.32. The Hall–Kier alpha value is -4.02. The van der Waals surface area contributed by atoms with Gasteiger partial charge in [0.25, 0.3) is 0 Å². The van der Waals surface area contributed by atoms with Gasteiger partial charge in [-0.1, -0.05) is 12.1 Å². The number of nitrogens with one attached hydrogen (secondary N) is 1. The number of pyridine rings is 1. The fraction of sp³-hybridized carbons (Fsp3) is 0.300. The topological polar surface area (TPSA) is 78.9 Å². The van der Waals surface area contributed by atoms with Crippen LogP contribution >= 0.6 is 0 Å². The van der Waals surface area contributed by atoms with Crippen molar-refractivity contribution < 1.29 is 36.2 Å². The average molecular weight is 555 g/mol. The van der Waals surface area contributed by atoms with Gasteiger partial charge in [0.05, 0.1) is 12.0 Å². The number of nitrogens with zero attached hydrogens (tertiary/aromatic N) is 1. The van der Waals surface area contributed by atoms with Crippen LogP contribution in [0.15, 0.2) is 75.8 Å². The molecule has 0 amide bonds. The molecule has 1 N–H and O–H groups in total. The molecule has 0 spiro atoms. The van der Waals surface area contributed by atoms with E-state index in [1.54, 1.807) is 30.5 Å². The van der Waals surface area contributed by atoms with Crippen molar-refractivity contribution in [2.45, 2.75) is 39.3 Å². The molecule has 5 aromatic rings. The SMILES string of the molecule is Cc1c(COc2ccc3oc(COCC(F)(F)F)cc3c2)oc2cccc(OCCCNCc3cccnc3)c12. The predicted molar refractivity (Wildman–Crippen MR) is 143 cm³/mol. The molecule has 3 heterocycles. The zero-order valence-electron chi connectivity index (χ0n) is 21.9. The van der Waals surface area contributed by atoms with Gasteiger partial charge in [0.2, 0.25) is 0 Å². The number of fused-ring (bicyclic) bond motifs is 2. The highest BCUT2D eigenvalue weighted by Gasteiger charge is 2.27. The summed E-state index contributed by atoms with van der Waals surface area (Å²) in [4.78, 5) is 4.12. The maximum absolute atomic E-state index is 12.3. The minimum atomic E-state index is -4.38. The lowest BCUT2D eigenvalue weighted by molar-refractivity contribution is -0.177. The number of hydrogen-bond acceptors (Lipinski definition) is 7. The van der Waals surface area contributed by atoms with Crippen molar-refractivity contribution in [3.05, 3.63) is 89.6 Å². The van der Waals surface area contributed by atoms with E-state index in [1.165, 1.54) is 0 Å². The fourth-order valence-corrected chi connectivity index (χ4v) is 4.34. The van der Waals surface area contributed by atoms with Gasteiger partial charge in [0.15, 0.2) is 0 Å². The molecule has 0 aliphatic heterocycles. The number of furan rings is 2. The Morgan fingerprint density at radius 2 is 1.85 bits per heavy atom. The second-order valence-corrected chi connectivity index (χ2v) is 9.33. The summed E-state index contributed by atoms with van der Waals surface area (Å²) >= 11 is 0. The number of benzene rings is 2. The molecule has 0 radical (unpaired) electrons. The summed E-state index contributed by atoms with van der Waals surface area (Å²) in [5.41, 5.74) is 3.33. The second kappa shape index (κ2) is 12.4.